The van der Waals surface area contributed by atoms with Gasteiger partial charge in [0.1, 0.15) is 19.0 Å². The van der Waals surface area contributed by atoms with Crippen LogP contribution in [0.3, 0.4) is 0 Å². The van der Waals surface area contributed by atoms with Gasteiger partial charge in [0, 0.05) is 17.2 Å². The molecule has 170 valence electrons. The van der Waals surface area contributed by atoms with Crippen molar-refractivity contribution in [3.8, 4) is 11.5 Å². The van der Waals surface area contributed by atoms with Crippen molar-refractivity contribution in [1.29, 1.82) is 0 Å². The van der Waals surface area contributed by atoms with E-state index in [0.29, 0.717) is 35.9 Å². The van der Waals surface area contributed by atoms with Crippen molar-refractivity contribution in [2.75, 3.05) is 13.2 Å². The lowest BCUT2D eigenvalue weighted by molar-refractivity contribution is -0.137. The molecule has 1 saturated carbocycles. The number of aromatic nitrogens is 2. The second-order valence-electron chi connectivity index (χ2n) is 8.07. The summed E-state index contributed by atoms with van der Waals surface area (Å²) in [4.78, 5) is 7.50. The van der Waals surface area contributed by atoms with Gasteiger partial charge >= 0.3 is 6.18 Å². The summed E-state index contributed by atoms with van der Waals surface area (Å²) in [5, 5.41) is 0. The number of nitrogens with one attached hydrogen (secondary N) is 1. The molecule has 8 heteroatoms. The molecule has 1 aliphatic heterocycles. The number of ether oxygens (including phenoxy) is 2. The third-order valence-corrected chi connectivity index (χ3v) is 5.73. The van der Waals surface area contributed by atoms with E-state index in [1.54, 1.807) is 0 Å². The molecule has 5 nitrogen and oxygen atoms in total. The Kier molecular flexibility index (Phi) is 6.30. The Labute approximate surface area is 184 Å². The topological polar surface area (TPSA) is 73.2 Å². The fourth-order valence-electron chi connectivity index (χ4n) is 4.02. The van der Waals surface area contributed by atoms with Crippen molar-refractivity contribution >= 4 is 16.7 Å². The first-order valence-electron chi connectivity index (χ1n) is 10.7. The third kappa shape index (κ3) is 5.00. The van der Waals surface area contributed by atoms with Crippen LogP contribution in [0.25, 0.3) is 16.7 Å². The van der Waals surface area contributed by atoms with Crippen LogP contribution in [0.4, 0.5) is 13.2 Å². The number of rotatable bonds is 2. The second-order valence-corrected chi connectivity index (χ2v) is 8.07. The van der Waals surface area contributed by atoms with E-state index in [-0.39, 0.29) is 0 Å². The maximum atomic E-state index is 12.6. The van der Waals surface area contributed by atoms with E-state index in [2.05, 4.69) is 16.5 Å². The van der Waals surface area contributed by atoms with Crippen LogP contribution in [0.15, 0.2) is 43.0 Å². The monoisotopic (exact) mass is 445 g/mol. The molecule has 32 heavy (non-hydrogen) atoms. The minimum atomic E-state index is -4.30. The van der Waals surface area contributed by atoms with E-state index >= 15 is 0 Å². The van der Waals surface area contributed by atoms with Crippen molar-refractivity contribution in [2.24, 2.45) is 5.73 Å². The maximum Gasteiger partial charge on any atom is 0.416 e. The third-order valence-electron chi connectivity index (χ3n) is 5.73. The second kappa shape index (κ2) is 9.14. The maximum absolute atomic E-state index is 12.6. The molecule has 0 amide bonds. The average molecular weight is 445 g/mol. The van der Waals surface area contributed by atoms with Gasteiger partial charge in [-0.2, -0.15) is 13.2 Å². The molecule has 0 radical (unpaired) electrons. The van der Waals surface area contributed by atoms with Crippen LogP contribution in [-0.4, -0.2) is 23.2 Å². The molecule has 3 aromatic rings. The number of hydrogen-bond donors (Lipinski definition) is 2. The first kappa shape index (κ1) is 22.0. The van der Waals surface area contributed by atoms with Gasteiger partial charge in [0.05, 0.1) is 16.6 Å². The smallest absolute Gasteiger partial charge is 0.416 e. The largest absolute Gasteiger partial charge is 0.486 e. The van der Waals surface area contributed by atoms with E-state index < -0.39 is 11.7 Å². The van der Waals surface area contributed by atoms with E-state index in [0.717, 1.165) is 47.9 Å². The van der Waals surface area contributed by atoms with Crippen molar-refractivity contribution in [3.05, 3.63) is 59.9 Å². The lowest BCUT2D eigenvalue weighted by Gasteiger charge is -2.18. The van der Waals surface area contributed by atoms with E-state index in [1.165, 1.54) is 25.3 Å². The highest BCUT2D eigenvalue weighted by Crippen LogP contribution is 2.34. The zero-order valence-corrected chi connectivity index (χ0v) is 17.7. The number of halogens is 3. The van der Waals surface area contributed by atoms with Crippen LogP contribution in [0, 0.1) is 0 Å². The predicted octanol–water partition coefficient (Wildman–Crippen LogP) is 6.02. The van der Waals surface area contributed by atoms with E-state index in [1.807, 2.05) is 18.2 Å². The van der Waals surface area contributed by atoms with Crippen LogP contribution in [0.5, 0.6) is 11.5 Å². The zero-order chi connectivity index (χ0) is 22.7. The number of benzene rings is 2. The summed E-state index contributed by atoms with van der Waals surface area (Å²) in [6.45, 7) is 4.85. The van der Waals surface area contributed by atoms with Crippen molar-refractivity contribution in [3.63, 3.8) is 0 Å². The predicted molar refractivity (Wildman–Crippen MR) is 118 cm³/mol. The molecule has 5 rings (SSSR count). The van der Waals surface area contributed by atoms with Gasteiger partial charge in [-0.15, -0.1) is 0 Å². The SMILES string of the molecule is C=C(N)c1ccc2c(c1)OCCO2.FC(F)(F)c1ccc2nc(C3CCCCC3)[nH]c2c1. The first-order valence-corrected chi connectivity index (χ1v) is 10.7. The Balaban J connectivity index is 0.000000165. The highest BCUT2D eigenvalue weighted by atomic mass is 19.4. The van der Waals surface area contributed by atoms with Crippen LogP contribution in [-0.2, 0) is 6.18 Å². The molecule has 0 spiro atoms. The normalized spacial score (nSPS) is 16.3. The molecule has 0 bridgehead atoms. The highest BCUT2D eigenvalue weighted by Gasteiger charge is 2.31. The Hall–Kier alpha value is -3.16. The number of nitrogens with zero attached hydrogens (tertiary/aromatic N) is 1. The summed E-state index contributed by atoms with van der Waals surface area (Å²) in [5.41, 5.74) is 7.45. The summed E-state index contributed by atoms with van der Waals surface area (Å²) < 4.78 is 48.7. The van der Waals surface area contributed by atoms with Crippen LogP contribution >= 0.6 is 0 Å². The molecular formula is C24H26F3N3O2. The number of H-pyrrole nitrogens is 1. The molecule has 3 N–H and O–H groups in total. The van der Waals surface area contributed by atoms with Crippen LogP contribution < -0.4 is 15.2 Å². The highest BCUT2D eigenvalue weighted by molar-refractivity contribution is 5.76. The molecule has 0 unspecified atom stereocenters. The summed E-state index contributed by atoms with van der Waals surface area (Å²) in [7, 11) is 0. The average Bonchev–Trinajstić information content (AvgIpc) is 3.23. The first-order chi connectivity index (χ1) is 15.3. The molecule has 0 saturated heterocycles. The molecule has 0 atom stereocenters. The molecule has 1 fully saturated rings. The minimum absolute atomic E-state index is 0.371. The number of nitrogens with two attached hydrogens (primary N) is 1. The molecule has 2 aromatic carbocycles. The van der Waals surface area contributed by atoms with Crippen LogP contribution in [0.1, 0.15) is 55.0 Å². The molecule has 1 aliphatic carbocycles. The summed E-state index contributed by atoms with van der Waals surface area (Å²) in [6, 6.07) is 9.25. The fraction of sp³-hybridized carbons (Fsp3) is 0.375. The summed E-state index contributed by atoms with van der Waals surface area (Å²) >= 11 is 0. The van der Waals surface area contributed by atoms with Gasteiger partial charge in [0.15, 0.2) is 11.5 Å². The van der Waals surface area contributed by atoms with Crippen molar-refractivity contribution in [2.45, 2.75) is 44.2 Å². The Morgan fingerprint density at radius 1 is 1.00 bits per heavy atom. The van der Waals surface area contributed by atoms with Gasteiger partial charge in [-0.25, -0.2) is 4.98 Å². The lowest BCUT2D eigenvalue weighted by Crippen LogP contribution is -2.15. The molecule has 2 heterocycles. The minimum Gasteiger partial charge on any atom is -0.486 e. The van der Waals surface area contributed by atoms with Gasteiger partial charge in [0.25, 0.3) is 0 Å². The van der Waals surface area contributed by atoms with Crippen molar-refractivity contribution in [1.82, 2.24) is 9.97 Å². The lowest BCUT2D eigenvalue weighted by atomic mass is 9.89. The van der Waals surface area contributed by atoms with Crippen LogP contribution in [0.2, 0.25) is 0 Å². The van der Waals surface area contributed by atoms with Gasteiger partial charge < -0.3 is 20.2 Å². The van der Waals surface area contributed by atoms with Crippen molar-refractivity contribution < 1.29 is 22.6 Å². The van der Waals surface area contributed by atoms with Gasteiger partial charge in [-0.05, 0) is 49.2 Å². The zero-order valence-electron chi connectivity index (χ0n) is 17.7. The molecule has 1 aromatic heterocycles. The Morgan fingerprint density at radius 3 is 2.41 bits per heavy atom. The number of imidazole rings is 1. The van der Waals surface area contributed by atoms with E-state index in [4.69, 9.17) is 15.2 Å². The Bertz CT molecular complexity index is 1100. The van der Waals surface area contributed by atoms with Gasteiger partial charge in [-0.3, -0.25) is 0 Å². The van der Waals surface area contributed by atoms with E-state index in [9.17, 15) is 13.2 Å². The number of aromatic amines is 1. The summed E-state index contributed by atoms with van der Waals surface area (Å²) in [5.74, 6) is 2.73. The van der Waals surface area contributed by atoms with Gasteiger partial charge in [0.2, 0.25) is 0 Å². The number of alkyl halides is 3. The number of fused-ring (bicyclic) bond motifs is 2. The fourth-order valence-corrected chi connectivity index (χ4v) is 4.02. The van der Waals surface area contributed by atoms with Gasteiger partial charge in [-0.1, -0.05) is 25.8 Å². The summed E-state index contributed by atoms with van der Waals surface area (Å²) in [6.07, 6.45) is 1.45. The molecular weight excluding hydrogens is 419 g/mol. The standard InChI is InChI=1S/C14H15F3N2.C10H11NO2/c15-14(16,17)10-6-7-11-12(8-10)19-13(18-11)9-4-2-1-3-5-9;1-7(11)8-2-3-9-10(6-8)13-5-4-12-9/h6-9H,1-5H2,(H,18,19);2-3,6H,1,4-5,11H2. The Morgan fingerprint density at radius 2 is 1.72 bits per heavy atom. The number of hydrogen-bond acceptors (Lipinski definition) is 4. The quantitative estimate of drug-likeness (QED) is 0.506. The molecule has 2 aliphatic rings.